The van der Waals surface area contributed by atoms with Crippen molar-refractivity contribution in [2.75, 3.05) is 6.61 Å². The van der Waals surface area contributed by atoms with E-state index >= 15 is 0 Å². The van der Waals surface area contributed by atoms with Gasteiger partial charge in [-0.15, -0.1) is 0 Å². The van der Waals surface area contributed by atoms with Crippen molar-refractivity contribution < 1.29 is 9.53 Å². The van der Waals surface area contributed by atoms with Gasteiger partial charge in [0.2, 0.25) is 0 Å². The van der Waals surface area contributed by atoms with Gasteiger partial charge in [0.1, 0.15) is 5.75 Å². The fourth-order valence-corrected chi connectivity index (χ4v) is 9.87. The Morgan fingerprint density at radius 2 is 1.55 bits per heavy atom. The van der Waals surface area contributed by atoms with Crippen LogP contribution < -0.4 is 14.8 Å². The predicted octanol–water partition coefficient (Wildman–Crippen LogP) is 5.77. The van der Waals surface area contributed by atoms with Gasteiger partial charge in [0.15, 0.2) is 0 Å². The van der Waals surface area contributed by atoms with E-state index in [9.17, 15) is 5.11 Å². The number of hydrogen-bond acceptors (Lipinski definition) is 2. The molecule has 172 valence electrons. The number of allylic oxidation sites excluding steroid dienone is 1. The van der Waals surface area contributed by atoms with Gasteiger partial charge in [-0.25, -0.2) is 0 Å². The van der Waals surface area contributed by atoms with Crippen molar-refractivity contribution in [2.24, 2.45) is 0 Å². The smallest absolute Gasteiger partial charge is 0.319 e. The summed E-state index contributed by atoms with van der Waals surface area (Å²) in [7, 11) is -2.67. The molecular weight excluding hydrogens is 420 g/mol. The monoisotopic (exact) mass is 456 g/mol. The molecule has 33 heavy (non-hydrogen) atoms. The largest absolute Gasteiger partial charge is 0.534 e. The zero-order chi connectivity index (χ0) is 23.5. The quantitative estimate of drug-likeness (QED) is 0.377. The van der Waals surface area contributed by atoms with Crippen LogP contribution in [0.1, 0.15) is 51.7 Å². The summed E-state index contributed by atoms with van der Waals surface area (Å²) in [6.07, 6.45) is 7.40. The number of rotatable bonds is 6. The van der Waals surface area contributed by atoms with Crippen LogP contribution in [0.3, 0.4) is 0 Å². The molecule has 0 bridgehead atoms. The average molecular weight is 457 g/mol. The number of aryl methyl sites for hydroxylation is 1. The Balaban J connectivity index is 1.88. The molecule has 0 aliphatic heterocycles. The van der Waals surface area contributed by atoms with E-state index in [1.165, 1.54) is 21.5 Å². The van der Waals surface area contributed by atoms with Gasteiger partial charge in [-0.3, -0.25) is 0 Å². The molecule has 0 amide bonds. The molecule has 3 aromatic carbocycles. The van der Waals surface area contributed by atoms with Crippen LogP contribution in [0.2, 0.25) is 5.04 Å². The van der Waals surface area contributed by atoms with Crippen molar-refractivity contribution in [2.45, 2.75) is 57.4 Å². The summed E-state index contributed by atoms with van der Waals surface area (Å²) >= 11 is 0. The standard InChI is InChI=1S/C30H36O2Si/c1-29(2,3)33(26-14-7-5-8-15-26,27-16-9-6-10-17-27)32-25-19-18-24-13-11-20-30(4,21-12-22-31)28(24)23-25/h5-10,12,14-19,21,23,31H,11,13,20,22H2,1-4H3. The maximum atomic E-state index is 9.40. The van der Waals surface area contributed by atoms with Gasteiger partial charge in [-0.2, -0.15) is 0 Å². The van der Waals surface area contributed by atoms with E-state index in [1.54, 1.807) is 0 Å². The van der Waals surface area contributed by atoms with Crippen molar-refractivity contribution in [1.29, 1.82) is 0 Å². The molecule has 1 aliphatic carbocycles. The van der Waals surface area contributed by atoms with Crippen molar-refractivity contribution in [3.05, 3.63) is 102 Å². The van der Waals surface area contributed by atoms with E-state index < -0.39 is 8.32 Å². The molecule has 2 nitrogen and oxygen atoms in total. The minimum absolute atomic E-state index is 0.0726. The van der Waals surface area contributed by atoms with Crippen LogP contribution in [0.25, 0.3) is 0 Å². The van der Waals surface area contributed by atoms with E-state index in [4.69, 9.17) is 4.43 Å². The number of hydrogen-bond donors (Lipinski definition) is 1. The molecule has 0 spiro atoms. The third-order valence-electron chi connectivity index (χ3n) is 7.12. The first-order valence-electron chi connectivity index (χ1n) is 12.0. The molecule has 0 saturated carbocycles. The molecule has 1 aliphatic rings. The summed E-state index contributed by atoms with van der Waals surface area (Å²) in [4.78, 5) is 0. The first-order chi connectivity index (χ1) is 15.8. The van der Waals surface area contributed by atoms with Gasteiger partial charge in [-0.1, -0.05) is 107 Å². The second kappa shape index (κ2) is 9.32. The molecular formula is C30H36O2Si. The fourth-order valence-electron chi connectivity index (χ4n) is 5.46. The van der Waals surface area contributed by atoms with Crippen LogP contribution in [-0.2, 0) is 11.8 Å². The van der Waals surface area contributed by atoms with Crippen LogP contribution in [0.5, 0.6) is 5.75 Å². The van der Waals surface area contributed by atoms with Crippen LogP contribution >= 0.6 is 0 Å². The van der Waals surface area contributed by atoms with Crippen LogP contribution in [0.4, 0.5) is 0 Å². The highest BCUT2D eigenvalue weighted by molar-refractivity contribution is 7.00. The molecule has 1 atom stereocenters. The molecule has 3 heteroatoms. The maximum Gasteiger partial charge on any atom is 0.319 e. The highest BCUT2D eigenvalue weighted by atomic mass is 28.4. The van der Waals surface area contributed by atoms with Gasteiger partial charge in [0.05, 0.1) is 6.61 Å². The molecule has 0 fully saturated rings. The van der Waals surface area contributed by atoms with Gasteiger partial charge >= 0.3 is 8.32 Å². The van der Waals surface area contributed by atoms with E-state index in [0.29, 0.717) is 0 Å². The van der Waals surface area contributed by atoms with Crippen LogP contribution in [0, 0.1) is 0 Å². The number of fused-ring (bicyclic) bond motifs is 1. The van der Waals surface area contributed by atoms with Gasteiger partial charge in [0.25, 0.3) is 0 Å². The highest BCUT2D eigenvalue weighted by Gasteiger charge is 2.52. The summed E-state index contributed by atoms with van der Waals surface area (Å²) < 4.78 is 7.27. The Morgan fingerprint density at radius 1 is 0.939 bits per heavy atom. The molecule has 0 saturated heterocycles. The lowest BCUT2D eigenvalue weighted by Gasteiger charge is -2.43. The number of aliphatic hydroxyl groups excluding tert-OH is 1. The van der Waals surface area contributed by atoms with Gasteiger partial charge in [-0.05, 0) is 57.9 Å². The number of benzene rings is 3. The zero-order valence-electron chi connectivity index (χ0n) is 20.3. The lowest BCUT2D eigenvalue weighted by Crippen LogP contribution is -2.68. The van der Waals surface area contributed by atoms with Gasteiger partial charge in [0, 0.05) is 5.41 Å². The third kappa shape index (κ3) is 4.45. The van der Waals surface area contributed by atoms with Crippen molar-refractivity contribution in [1.82, 2.24) is 0 Å². The maximum absolute atomic E-state index is 9.40. The lowest BCUT2D eigenvalue weighted by molar-refractivity contribution is 0.340. The Morgan fingerprint density at radius 3 is 2.09 bits per heavy atom. The Labute approximate surface area is 200 Å². The molecule has 0 heterocycles. The summed E-state index contributed by atoms with van der Waals surface area (Å²) in [5.74, 6) is 0.938. The Kier molecular flexibility index (Phi) is 6.65. The Bertz CT molecular complexity index is 1060. The van der Waals surface area contributed by atoms with E-state index in [2.05, 4.69) is 113 Å². The minimum atomic E-state index is -2.67. The van der Waals surface area contributed by atoms with Crippen LogP contribution in [0.15, 0.2) is 91.0 Å². The van der Waals surface area contributed by atoms with Crippen molar-refractivity contribution in [3.8, 4) is 5.75 Å². The minimum Gasteiger partial charge on any atom is -0.534 e. The lowest BCUT2D eigenvalue weighted by atomic mass is 9.71. The first kappa shape index (κ1) is 23.5. The second-order valence-electron chi connectivity index (χ2n) is 10.4. The molecule has 1 N–H and O–H groups in total. The van der Waals surface area contributed by atoms with E-state index in [0.717, 1.165) is 25.0 Å². The SMILES string of the molecule is CC1(C=CCO)CCCc2ccc(O[Si](c3ccccc3)(c3ccccc3)C(C)(C)C)cc21. The molecule has 1 unspecified atom stereocenters. The molecule has 4 rings (SSSR count). The van der Waals surface area contributed by atoms with Crippen LogP contribution in [-0.4, -0.2) is 20.0 Å². The third-order valence-corrected chi connectivity index (χ3v) is 12.1. The van der Waals surface area contributed by atoms with Crippen molar-refractivity contribution >= 4 is 18.7 Å². The summed E-state index contributed by atoms with van der Waals surface area (Å²) in [6.45, 7) is 9.29. The fraction of sp³-hybridized carbons (Fsp3) is 0.333. The Hall–Kier alpha value is -2.62. The zero-order valence-corrected chi connectivity index (χ0v) is 21.3. The first-order valence-corrected chi connectivity index (χ1v) is 13.9. The van der Waals surface area contributed by atoms with Crippen molar-refractivity contribution in [3.63, 3.8) is 0 Å². The summed E-state index contributed by atoms with van der Waals surface area (Å²) in [5, 5.41) is 11.9. The predicted molar refractivity (Wildman–Crippen MR) is 141 cm³/mol. The molecule has 3 aromatic rings. The topological polar surface area (TPSA) is 29.5 Å². The second-order valence-corrected chi connectivity index (χ2v) is 14.7. The van der Waals surface area contributed by atoms with Gasteiger partial charge < -0.3 is 9.53 Å². The van der Waals surface area contributed by atoms with E-state index in [-0.39, 0.29) is 17.1 Å². The normalized spacial score (nSPS) is 18.8. The summed E-state index contributed by atoms with van der Waals surface area (Å²) in [5.41, 5.74) is 2.64. The molecule has 0 radical (unpaired) electrons. The number of aliphatic hydroxyl groups is 1. The molecule has 0 aromatic heterocycles. The average Bonchev–Trinajstić information content (AvgIpc) is 2.82. The summed E-state index contributed by atoms with van der Waals surface area (Å²) in [6, 6.07) is 28.3. The highest BCUT2D eigenvalue weighted by Crippen LogP contribution is 2.42. The van der Waals surface area contributed by atoms with E-state index in [1.807, 2.05) is 6.08 Å².